The van der Waals surface area contributed by atoms with E-state index in [1.54, 1.807) is 0 Å². The third kappa shape index (κ3) is 4.34. The summed E-state index contributed by atoms with van der Waals surface area (Å²) < 4.78 is 17.2. The van der Waals surface area contributed by atoms with Crippen molar-refractivity contribution in [1.29, 1.82) is 0 Å². The van der Waals surface area contributed by atoms with E-state index >= 15 is 0 Å². The normalized spacial score (nSPS) is 12.5. The van der Waals surface area contributed by atoms with Crippen molar-refractivity contribution in [3.8, 4) is 17.2 Å². The van der Waals surface area contributed by atoms with Crippen LogP contribution in [-0.4, -0.2) is 13.2 Å². The fourth-order valence-corrected chi connectivity index (χ4v) is 3.04. The molecule has 0 fully saturated rings. The first-order chi connectivity index (χ1) is 13.3. The van der Waals surface area contributed by atoms with Crippen LogP contribution in [0.3, 0.4) is 0 Å². The van der Waals surface area contributed by atoms with Crippen molar-refractivity contribution in [3.05, 3.63) is 83.4 Å². The summed E-state index contributed by atoms with van der Waals surface area (Å²) in [5, 5.41) is 3.43. The number of hydrogen-bond acceptors (Lipinski definition) is 4. The van der Waals surface area contributed by atoms with Crippen LogP contribution >= 0.6 is 0 Å². The van der Waals surface area contributed by atoms with E-state index in [4.69, 9.17) is 14.2 Å². The molecule has 0 aliphatic carbocycles. The van der Waals surface area contributed by atoms with Crippen LogP contribution in [0, 0.1) is 6.92 Å². The smallest absolute Gasteiger partial charge is 0.163 e. The number of rotatable bonds is 6. The van der Waals surface area contributed by atoms with Crippen LogP contribution < -0.4 is 19.5 Å². The minimum absolute atomic E-state index is 0.575. The van der Waals surface area contributed by atoms with Gasteiger partial charge in [-0.25, -0.2) is 0 Å². The van der Waals surface area contributed by atoms with E-state index in [2.05, 4.69) is 36.5 Å². The molecular formula is C23H23NO3. The molecule has 3 aromatic carbocycles. The van der Waals surface area contributed by atoms with Gasteiger partial charge >= 0.3 is 0 Å². The van der Waals surface area contributed by atoms with Gasteiger partial charge in [0.2, 0.25) is 0 Å². The number of fused-ring (bicyclic) bond motifs is 1. The Morgan fingerprint density at radius 3 is 2.63 bits per heavy atom. The number of benzene rings is 3. The van der Waals surface area contributed by atoms with Crippen LogP contribution in [0.15, 0.2) is 66.7 Å². The van der Waals surface area contributed by atoms with Crippen molar-refractivity contribution < 1.29 is 14.2 Å². The van der Waals surface area contributed by atoms with Crippen LogP contribution in [0.25, 0.3) is 0 Å². The fraction of sp³-hybridized carbons (Fsp3) is 0.217. The first-order valence-corrected chi connectivity index (χ1v) is 9.18. The van der Waals surface area contributed by atoms with Gasteiger partial charge in [-0.15, -0.1) is 0 Å². The highest BCUT2D eigenvalue weighted by Crippen LogP contribution is 2.32. The maximum Gasteiger partial charge on any atom is 0.163 e. The minimum atomic E-state index is 0.575. The summed E-state index contributed by atoms with van der Waals surface area (Å²) in [7, 11) is 0. The molecule has 4 rings (SSSR count). The molecule has 0 amide bonds. The molecule has 0 saturated carbocycles. The summed E-state index contributed by atoms with van der Waals surface area (Å²) in [5.41, 5.74) is 4.61. The predicted octanol–water partition coefficient (Wildman–Crippen LogP) is 4.96. The van der Waals surface area contributed by atoms with Crippen molar-refractivity contribution in [2.24, 2.45) is 0 Å². The molecule has 4 heteroatoms. The van der Waals surface area contributed by atoms with Gasteiger partial charge in [-0.05, 0) is 47.9 Å². The van der Waals surface area contributed by atoms with Crippen LogP contribution in [0.1, 0.15) is 16.7 Å². The predicted molar refractivity (Wildman–Crippen MR) is 107 cm³/mol. The van der Waals surface area contributed by atoms with Gasteiger partial charge in [-0.3, -0.25) is 0 Å². The van der Waals surface area contributed by atoms with Crippen molar-refractivity contribution in [1.82, 2.24) is 0 Å². The van der Waals surface area contributed by atoms with Gasteiger partial charge in [0.25, 0.3) is 0 Å². The SMILES string of the molecule is Cc1ccccc1COc1cccc(CNc2ccc3c(c2)OCCO3)c1. The molecule has 0 bridgehead atoms. The number of anilines is 1. The summed E-state index contributed by atoms with van der Waals surface area (Å²) >= 11 is 0. The molecule has 0 radical (unpaired) electrons. The van der Waals surface area contributed by atoms with Crippen molar-refractivity contribution in [2.75, 3.05) is 18.5 Å². The number of hydrogen-bond donors (Lipinski definition) is 1. The highest BCUT2D eigenvalue weighted by Gasteiger charge is 2.11. The standard InChI is InChI=1S/C23H23NO3/c1-17-5-2-3-7-19(17)16-27-21-8-4-6-18(13-21)15-24-20-9-10-22-23(14-20)26-12-11-25-22/h2-10,13-14,24H,11-12,15-16H2,1H3. The quantitative estimate of drug-likeness (QED) is 0.674. The lowest BCUT2D eigenvalue weighted by molar-refractivity contribution is 0.171. The molecule has 0 unspecified atom stereocenters. The summed E-state index contributed by atoms with van der Waals surface area (Å²) in [5.74, 6) is 2.47. The third-order valence-electron chi connectivity index (χ3n) is 4.59. The van der Waals surface area contributed by atoms with Gasteiger partial charge in [0.1, 0.15) is 25.6 Å². The molecule has 138 valence electrons. The first kappa shape index (κ1) is 17.3. The maximum absolute atomic E-state index is 5.98. The highest BCUT2D eigenvalue weighted by molar-refractivity contribution is 5.55. The zero-order valence-electron chi connectivity index (χ0n) is 15.4. The minimum Gasteiger partial charge on any atom is -0.489 e. The van der Waals surface area contributed by atoms with Crippen LogP contribution in [-0.2, 0) is 13.2 Å². The fourth-order valence-electron chi connectivity index (χ4n) is 3.04. The second kappa shape index (κ2) is 8.04. The average molecular weight is 361 g/mol. The summed E-state index contributed by atoms with van der Waals surface area (Å²) in [6, 6.07) is 22.4. The summed E-state index contributed by atoms with van der Waals surface area (Å²) in [6.07, 6.45) is 0. The van der Waals surface area contributed by atoms with E-state index in [1.165, 1.54) is 11.1 Å². The van der Waals surface area contributed by atoms with Gasteiger partial charge < -0.3 is 19.5 Å². The lowest BCUT2D eigenvalue weighted by atomic mass is 10.1. The highest BCUT2D eigenvalue weighted by atomic mass is 16.6. The second-order valence-corrected chi connectivity index (χ2v) is 6.57. The molecule has 0 aromatic heterocycles. The Morgan fingerprint density at radius 1 is 0.889 bits per heavy atom. The monoisotopic (exact) mass is 361 g/mol. The van der Waals surface area contributed by atoms with Gasteiger partial charge in [-0.1, -0.05) is 36.4 Å². The zero-order valence-corrected chi connectivity index (χ0v) is 15.4. The lowest BCUT2D eigenvalue weighted by Gasteiger charge is -2.19. The molecule has 1 heterocycles. The van der Waals surface area contributed by atoms with Crippen LogP contribution in [0.2, 0.25) is 0 Å². The maximum atomic E-state index is 5.98. The van der Waals surface area contributed by atoms with Gasteiger partial charge in [0.15, 0.2) is 11.5 Å². The van der Waals surface area contributed by atoms with E-state index in [1.807, 2.05) is 42.5 Å². The Bertz CT molecular complexity index is 923. The Labute approximate surface area is 159 Å². The lowest BCUT2D eigenvalue weighted by Crippen LogP contribution is -2.15. The van der Waals surface area contributed by atoms with E-state index < -0.39 is 0 Å². The molecule has 3 aromatic rings. The molecular weight excluding hydrogens is 338 g/mol. The van der Waals surface area contributed by atoms with E-state index in [0.717, 1.165) is 28.5 Å². The van der Waals surface area contributed by atoms with Crippen molar-refractivity contribution in [3.63, 3.8) is 0 Å². The molecule has 1 aliphatic heterocycles. The Kier molecular flexibility index (Phi) is 5.15. The topological polar surface area (TPSA) is 39.7 Å². The van der Waals surface area contributed by atoms with Crippen LogP contribution in [0.4, 0.5) is 5.69 Å². The molecule has 1 N–H and O–H groups in total. The summed E-state index contributed by atoms with van der Waals surface area (Å²) in [4.78, 5) is 0. The van der Waals surface area contributed by atoms with Crippen LogP contribution in [0.5, 0.6) is 17.2 Å². The average Bonchev–Trinajstić information content (AvgIpc) is 2.72. The molecule has 0 atom stereocenters. The molecule has 0 spiro atoms. The van der Waals surface area contributed by atoms with E-state index in [0.29, 0.717) is 26.4 Å². The Balaban J connectivity index is 1.37. The van der Waals surface area contributed by atoms with E-state index in [-0.39, 0.29) is 0 Å². The zero-order chi connectivity index (χ0) is 18.5. The first-order valence-electron chi connectivity index (χ1n) is 9.18. The van der Waals surface area contributed by atoms with Gasteiger partial charge in [0.05, 0.1) is 0 Å². The number of ether oxygens (including phenoxy) is 3. The molecule has 27 heavy (non-hydrogen) atoms. The van der Waals surface area contributed by atoms with Crippen molar-refractivity contribution in [2.45, 2.75) is 20.1 Å². The number of aryl methyl sites for hydroxylation is 1. The van der Waals surface area contributed by atoms with E-state index in [9.17, 15) is 0 Å². The van der Waals surface area contributed by atoms with Crippen molar-refractivity contribution >= 4 is 5.69 Å². The molecule has 4 nitrogen and oxygen atoms in total. The summed E-state index contributed by atoms with van der Waals surface area (Å²) in [6.45, 7) is 4.59. The number of nitrogens with one attached hydrogen (secondary N) is 1. The van der Waals surface area contributed by atoms with Gasteiger partial charge in [-0.2, -0.15) is 0 Å². The molecule has 0 saturated heterocycles. The largest absolute Gasteiger partial charge is 0.489 e. The van der Waals surface area contributed by atoms with Gasteiger partial charge in [0, 0.05) is 18.3 Å². The Hall–Kier alpha value is -3.14. The third-order valence-corrected chi connectivity index (χ3v) is 4.59. The molecule has 1 aliphatic rings. The second-order valence-electron chi connectivity index (χ2n) is 6.57. The Morgan fingerprint density at radius 2 is 1.74 bits per heavy atom.